The molecule has 144 valence electrons. The molecule has 0 spiro atoms. The predicted octanol–water partition coefficient (Wildman–Crippen LogP) is 1.30. The van der Waals surface area contributed by atoms with Gasteiger partial charge in [-0.1, -0.05) is 12.8 Å². The molecule has 3 amide bonds. The molecule has 25 heavy (non-hydrogen) atoms. The lowest BCUT2D eigenvalue weighted by molar-refractivity contribution is -0.125. The van der Waals surface area contributed by atoms with Gasteiger partial charge in [-0.2, -0.15) is 0 Å². The first-order chi connectivity index (χ1) is 12.0. The van der Waals surface area contributed by atoms with E-state index in [4.69, 9.17) is 4.74 Å². The molecule has 1 aliphatic carbocycles. The van der Waals surface area contributed by atoms with E-state index in [0.29, 0.717) is 6.54 Å². The van der Waals surface area contributed by atoms with Gasteiger partial charge in [0.1, 0.15) is 6.10 Å². The maximum absolute atomic E-state index is 12.0. The van der Waals surface area contributed by atoms with Gasteiger partial charge in [-0.3, -0.25) is 4.79 Å². The molecule has 1 saturated heterocycles. The van der Waals surface area contributed by atoms with Crippen LogP contribution in [0.1, 0.15) is 58.8 Å². The molecule has 3 atom stereocenters. The molecule has 0 radical (unpaired) electrons. The van der Waals surface area contributed by atoms with Gasteiger partial charge < -0.3 is 25.8 Å². The number of aliphatic hydroxyl groups excluding tert-OH is 1. The number of carbonyl (C=O) groups is 2. The van der Waals surface area contributed by atoms with Crippen LogP contribution in [0.2, 0.25) is 0 Å². The number of amides is 3. The zero-order chi connectivity index (χ0) is 18.2. The van der Waals surface area contributed by atoms with E-state index < -0.39 is 6.10 Å². The summed E-state index contributed by atoms with van der Waals surface area (Å²) in [6.45, 7) is 4.27. The van der Waals surface area contributed by atoms with Crippen molar-refractivity contribution in [2.45, 2.75) is 83.1 Å². The minimum absolute atomic E-state index is 0.00670. The Morgan fingerprint density at radius 3 is 2.52 bits per heavy atom. The molecule has 7 heteroatoms. The van der Waals surface area contributed by atoms with Gasteiger partial charge in [-0.05, 0) is 46.0 Å². The second-order valence-corrected chi connectivity index (χ2v) is 7.50. The fourth-order valence-electron chi connectivity index (χ4n) is 3.67. The van der Waals surface area contributed by atoms with Crippen molar-refractivity contribution in [3.8, 4) is 0 Å². The van der Waals surface area contributed by atoms with Crippen molar-refractivity contribution in [1.29, 1.82) is 0 Å². The lowest BCUT2D eigenvalue weighted by Crippen LogP contribution is -2.54. The Balaban J connectivity index is 1.69. The molecule has 0 unspecified atom stereocenters. The number of urea groups is 1. The second-order valence-electron chi connectivity index (χ2n) is 7.50. The van der Waals surface area contributed by atoms with Gasteiger partial charge in [0.15, 0.2) is 0 Å². The fraction of sp³-hybridized carbons (Fsp3) is 0.889. The largest absolute Gasteiger partial charge is 0.394 e. The molecule has 2 rings (SSSR count). The summed E-state index contributed by atoms with van der Waals surface area (Å²) in [4.78, 5) is 23.9. The average molecular weight is 355 g/mol. The van der Waals surface area contributed by atoms with Crippen LogP contribution in [0.3, 0.4) is 0 Å². The van der Waals surface area contributed by atoms with Crippen molar-refractivity contribution in [2.75, 3.05) is 13.2 Å². The van der Waals surface area contributed by atoms with Crippen LogP contribution in [-0.2, 0) is 9.53 Å². The smallest absolute Gasteiger partial charge is 0.315 e. The zero-order valence-electron chi connectivity index (χ0n) is 15.4. The molecule has 0 bridgehead atoms. The van der Waals surface area contributed by atoms with E-state index in [0.717, 1.165) is 44.9 Å². The normalized spacial score (nSPS) is 27.3. The Bertz CT molecular complexity index is 438. The topological polar surface area (TPSA) is 99.7 Å². The zero-order valence-corrected chi connectivity index (χ0v) is 15.4. The minimum Gasteiger partial charge on any atom is -0.394 e. The number of hydrogen-bond donors (Lipinski definition) is 4. The Kier molecular flexibility index (Phi) is 7.96. The average Bonchev–Trinajstić information content (AvgIpc) is 3.09. The van der Waals surface area contributed by atoms with E-state index >= 15 is 0 Å². The first kappa shape index (κ1) is 20.0. The van der Waals surface area contributed by atoms with Crippen LogP contribution in [0.15, 0.2) is 0 Å². The first-order valence-electron chi connectivity index (χ1n) is 9.60. The summed E-state index contributed by atoms with van der Waals surface area (Å²) in [6, 6.07) is -0.356. The molecule has 4 N–H and O–H groups in total. The van der Waals surface area contributed by atoms with Crippen LogP contribution in [-0.4, -0.2) is 54.5 Å². The quantitative estimate of drug-likeness (QED) is 0.553. The van der Waals surface area contributed by atoms with E-state index in [9.17, 15) is 14.7 Å². The third kappa shape index (κ3) is 6.47. The summed E-state index contributed by atoms with van der Waals surface area (Å²) < 4.78 is 5.92. The maximum atomic E-state index is 12.0. The molecule has 0 aromatic rings. The Labute approximate surface area is 150 Å². The third-order valence-corrected chi connectivity index (χ3v) is 5.02. The summed E-state index contributed by atoms with van der Waals surface area (Å²) in [5, 5.41) is 18.2. The number of rotatable bonds is 7. The number of aliphatic hydroxyl groups is 1. The number of ether oxygens (including phenoxy) is 1. The van der Waals surface area contributed by atoms with E-state index in [-0.39, 0.29) is 42.7 Å². The van der Waals surface area contributed by atoms with Gasteiger partial charge in [0.2, 0.25) is 5.91 Å². The minimum atomic E-state index is -0.401. The molecule has 2 aliphatic rings. The summed E-state index contributed by atoms with van der Waals surface area (Å²) in [5.74, 6) is 0.349. The van der Waals surface area contributed by atoms with E-state index in [1.165, 1.54) is 0 Å². The highest BCUT2D eigenvalue weighted by molar-refractivity contribution is 5.78. The molecule has 0 aromatic heterocycles. The number of hydrogen-bond acceptors (Lipinski definition) is 4. The van der Waals surface area contributed by atoms with Crippen LogP contribution in [0.25, 0.3) is 0 Å². The van der Waals surface area contributed by atoms with E-state index in [1.807, 2.05) is 13.8 Å². The first-order valence-corrected chi connectivity index (χ1v) is 9.60. The second kappa shape index (κ2) is 9.97. The third-order valence-electron chi connectivity index (χ3n) is 5.02. The van der Waals surface area contributed by atoms with Gasteiger partial charge in [0.25, 0.3) is 0 Å². The maximum Gasteiger partial charge on any atom is 0.315 e. The van der Waals surface area contributed by atoms with Crippen molar-refractivity contribution < 1.29 is 19.4 Å². The van der Waals surface area contributed by atoms with Crippen LogP contribution >= 0.6 is 0 Å². The van der Waals surface area contributed by atoms with Gasteiger partial charge >= 0.3 is 6.03 Å². The van der Waals surface area contributed by atoms with Crippen molar-refractivity contribution in [3.63, 3.8) is 0 Å². The summed E-state index contributed by atoms with van der Waals surface area (Å²) in [7, 11) is 0. The van der Waals surface area contributed by atoms with Crippen LogP contribution < -0.4 is 16.0 Å². The SMILES string of the molecule is CC(C)NC(=O)N[C@H]1CC[C@H](CCNC(=O)C2CCCC2)O[C@@H]1CO. The molecule has 1 saturated carbocycles. The molecular formula is C18H33N3O4. The summed E-state index contributed by atoms with van der Waals surface area (Å²) in [6.07, 6.45) is 6.23. The standard InChI is InChI=1S/C18H33N3O4/c1-12(2)20-18(24)21-15-8-7-14(25-16(15)11-22)9-10-19-17(23)13-5-3-4-6-13/h12-16,22H,3-11H2,1-2H3,(H,19,23)(H2,20,21,24)/t14-,15+,16-/m1/s1. The molecular weight excluding hydrogens is 322 g/mol. The summed E-state index contributed by atoms with van der Waals surface area (Å²) >= 11 is 0. The van der Waals surface area contributed by atoms with Gasteiger partial charge in [0.05, 0.1) is 18.8 Å². The van der Waals surface area contributed by atoms with Crippen LogP contribution in [0.5, 0.6) is 0 Å². The highest BCUT2D eigenvalue weighted by Crippen LogP contribution is 2.25. The highest BCUT2D eigenvalue weighted by Gasteiger charge is 2.32. The molecule has 1 aliphatic heterocycles. The predicted molar refractivity (Wildman–Crippen MR) is 95.2 cm³/mol. The van der Waals surface area contributed by atoms with E-state index in [2.05, 4.69) is 16.0 Å². The molecule has 0 aromatic carbocycles. The van der Waals surface area contributed by atoms with Crippen molar-refractivity contribution in [3.05, 3.63) is 0 Å². The summed E-state index contributed by atoms with van der Waals surface area (Å²) in [5.41, 5.74) is 0. The Morgan fingerprint density at radius 1 is 1.16 bits per heavy atom. The van der Waals surface area contributed by atoms with Gasteiger partial charge in [0, 0.05) is 18.5 Å². The van der Waals surface area contributed by atoms with Crippen LogP contribution in [0.4, 0.5) is 4.79 Å². The van der Waals surface area contributed by atoms with Crippen molar-refractivity contribution in [2.24, 2.45) is 5.92 Å². The van der Waals surface area contributed by atoms with Crippen molar-refractivity contribution in [1.82, 2.24) is 16.0 Å². The van der Waals surface area contributed by atoms with Crippen LogP contribution in [0, 0.1) is 5.92 Å². The molecule has 7 nitrogen and oxygen atoms in total. The Hall–Kier alpha value is -1.34. The van der Waals surface area contributed by atoms with Crippen molar-refractivity contribution >= 4 is 11.9 Å². The highest BCUT2D eigenvalue weighted by atomic mass is 16.5. The van der Waals surface area contributed by atoms with Gasteiger partial charge in [-0.25, -0.2) is 4.79 Å². The van der Waals surface area contributed by atoms with E-state index in [1.54, 1.807) is 0 Å². The van der Waals surface area contributed by atoms with Gasteiger partial charge in [-0.15, -0.1) is 0 Å². The fourth-order valence-corrected chi connectivity index (χ4v) is 3.67. The monoisotopic (exact) mass is 355 g/mol. The Morgan fingerprint density at radius 2 is 1.88 bits per heavy atom. The number of nitrogens with one attached hydrogen (secondary N) is 3. The lowest BCUT2D eigenvalue weighted by atomic mass is 9.97. The number of carbonyl (C=O) groups excluding carboxylic acids is 2. The lowest BCUT2D eigenvalue weighted by Gasteiger charge is -2.36. The molecule has 2 fully saturated rings. The molecule has 1 heterocycles.